The number of nitrogens with one attached hydrogen (secondary N) is 1. The number of carboxylic acid groups (broad SMARTS) is 1. The summed E-state index contributed by atoms with van der Waals surface area (Å²) in [4.78, 5) is 25.0. The number of carbonyl (C=O) groups is 2. The highest BCUT2D eigenvalue weighted by molar-refractivity contribution is 5.99. The van der Waals surface area contributed by atoms with E-state index in [0.717, 1.165) is 23.3 Å². The number of aryl methyl sites for hydroxylation is 1. The van der Waals surface area contributed by atoms with Crippen molar-refractivity contribution in [2.75, 3.05) is 6.61 Å². The van der Waals surface area contributed by atoms with Gasteiger partial charge in [-0.3, -0.25) is 4.79 Å². The van der Waals surface area contributed by atoms with E-state index in [2.05, 4.69) is 14.8 Å². The molecule has 37 heavy (non-hydrogen) atoms. The van der Waals surface area contributed by atoms with Crippen LogP contribution in [0.25, 0.3) is 0 Å². The Morgan fingerprint density at radius 3 is 2.46 bits per heavy atom. The van der Waals surface area contributed by atoms with Crippen molar-refractivity contribution in [2.45, 2.75) is 57.0 Å². The van der Waals surface area contributed by atoms with E-state index in [1.807, 2.05) is 31.2 Å². The van der Waals surface area contributed by atoms with Gasteiger partial charge in [0.1, 0.15) is 5.54 Å². The second kappa shape index (κ2) is 9.71. The van der Waals surface area contributed by atoms with Gasteiger partial charge in [-0.05, 0) is 50.3 Å². The number of carbonyl (C=O) groups excluding carboxylic acids is 1. The second-order valence-electron chi connectivity index (χ2n) is 9.21. The van der Waals surface area contributed by atoms with Crippen molar-refractivity contribution in [2.24, 2.45) is 5.92 Å². The summed E-state index contributed by atoms with van der Waals surface area (Å²) in [6, 6.07) is 9.58. The number of carboxylic acids is 1. The number of ether oxygens (including phenoxy) is 3. The van der Waals surface area contributed by atoms with Gasteiger partial charge in [-0.25, -0.2) is 4.79 Å². The average molecular weight is 529 g/mol. The smallest absolute Gasteiger partial charge is 0.489 e. The first-order valence-corrected chi connectivity index (χ1v) is 11.5. The zero-order chi connectivity index (χ0) is 27.0. The molecule has 0 unspecified atom stereocenters. The number of amides is 1. The van der Waals surface area contributed by atoms with Crippen molar-refractivity contribution in [3.63, 3.8) is 0 Å². The third-order valence-corrected chi connectivity index (χ3v) is 6.53. The van der Waals surface area contributed by atoms with Gasteiger partial charge in [-0.15, -0.1) is 8.78 Å². The molecule has 2 aliphatic rings. The Kier molecular flexibility index (Phi) is 6.95. The van der Waals surface area contributed by atoms with E-state index < -0.39 is 73.0 Å². The second-order valence-corrected chi connectivity index (χ2v) is 9.21. The summed E-state index contributed by atoms with van der Waals surface area (Å²) < 4.78 is 81.3. The fraction of sp³-hybridized carbons (Fsp3) is 0.440. The summed E-state index contributed by atoms with van der Waals surface area (Å²) in [5.41, 5.74) is -0.272. The molecule has 1 heterocycles. The van der Waals surface area contributed by atoms with Crippen LogP contribution >= 0.6 is 0 Å². The van der Waals surface area contributed by atoms with Gasteiger partial charge in [0.15, 0.2) is 11.5 Å². The number of benzene rings is 2. The van der Waals surface area contributed by atoms with Crippen LogP contribution in [0.15, 0.2) is 36.4 Å². The molecule has 0 atom stereocenters. The maximum Gasteiger partial charge on any atom is 0.586 e. The lowest BCUT2D eigenvalue weighted by molar-refractivity contribution is -0.287. The quantitative estimate of drug-likeness (QED) is 0.477. The summed E-state index contributed by atoms with van der Waals surface area (Å²) in [6.45, 7) is 1.94. The minimum atomic E-state index is -4.47. The van der Waals surface area contributed by atoms with Gasteiger partial charge in [0.25, 0.3) is 5.91 Å². The molecule has 0 spiro atoms. The van der Waals surface area contributed by atoms with Gasteiger partial charge in [0.2, 0.25) is 5.75 Å². The molecule has 0 saturated heterocycles. The molecule has 0 bridgehead atoms. The maximum atomic E-state index is 13.8. The fourth-order valence-corrected chi connectivity index (χ4v) is 4.53. The first kappa shape index (κ1) is 26.5. The molecule has 200 valence electrons. The highest BCUT2D eigenvalue weighted by atomic mass is 19.4. The van der Waals surface area contributed by atoms with E-state index in [4.69, 9.17) is 4.74 Å². The van der Waals surface area contributed by atoms with Gasteiger partial charge >= 0.3 is 18.4 Å². The molecule has 2 N–H and O–H groups in total. The lowest BCUT2D eigenvalue weighted by atomic mass is 9.76. The van der Waals surface area contributed by atoms with Gasteiger partial charge < -0.3 is 24.6 Å². The molecule has 2 aromatic carbocycles. The SMILES string of the molecule is Cc1cccc(CCOc2cc(C(=O)NC3(C(=O)O)CCC(C(F)(F)F)CC3)cc3c2OC(F)(F)O3)c1. The van der Waals surface area contributed by atoms with E-state index in [-0.39, 0.29) is 17.9 Å². The average Bonchev–Trinajstić information content (AvgIpc) is 3.12. The first-order valence-electron chi connectivity index (χ1n) is 11.5. The van der Waals surface area contributed by atoms with E-state index >= 15 is 0 Å². The molecule has 1 amide bonds. The molecule has 12 heteroatoms. The van der Waals surface area contributed by atoms with Crippen LogP contribution in [0, 0.1) is 12.8 Å². The summed E-state index contributed by atoms with van der Waals surface area (Å²) in [6.07, 6.45) is -9.91. The molecule has 7 nitrogen and oxygen atoms in total. The fourth-order valence-electron chi connectivity index (χ4n) is 4.53. The zero-order valence-corrected chi connectivity index (χ0v) is 19.7. The van der Waals surface area contributed by atoms with Crippen LogP contribution in [0.5, 0.6) is 17.2 Å². The van der Waals surface area contributed by atoms with Crippen LogP contribution in [-0.2, 0) is 11.2 Å². The summed E-state index contributed by atoms with van der Waals surface area (Å²) in [5, 5.41) is 12.0. The summed E-state index contributed by atoms with van der Waals surface area (Å²) in [7, 11) is 0. The first-order chi connectivity index (χ1) is 17.3. The molecule has 2 aromatic rings. The normalized spacial score (nSPS) is 22.4. The third kappa shape index (κ3) is 5.89. The van der Waals surface area contributed by atoms with E-state index in [0.29, 0.717) is 6.42 Å². The molecule has 1 fully saturated rings. The minimum absolute atomic E-state index is 0.0355. The highest BCUT2D eigenvalue weighted by Crippen LogP contribution is 2.48. The molecular formula is C25H24F5NO6. The molecular weight excluding hydrogens is 505 g/mol. The van der Waals surface area contributed by atoms with Crippen LogP contribution in [-0.4, -0.2) is 41.6 Å². The number of aliphatic carboxylic acids is 1. The molecule has 0 aromatic heterocycles. The molecule has 1 aliphatic carbocycles. The largest absolute Gasteiger partial charge is 0.586 e. The van der Waals surface area contributed by atoms with Crippen LogP contribution in [0.1, 0.15) is 47.2 Å². The zero-order valence-electron chi connectivity index (χ0n) is 19.7. The lowest BCUT2D eigenvalue weighted by Crippen LogP contribution is -2.57. The predicted molar refractivity (Wildman–Crippen MR) is 119 cm³/mol. The lowest BCUT2D eigenvalue weighted by Gasteiger charge is -2.37. The molecule has 0 radical (unpaired) electrons. The summed E-state index contributed by atoms with van der Waals surface area (Å²) in [5.74, 6) is -5.28. The van der Waals surface area contributed by atoms with E-state index in [9.17, 15) is 36.6 Å². The number of alkyl halides is 5. The topological polar surface area (TPSA) is 94.1 Å². The van der Waals surface area contributed by atoms with Crippen LogP contribution in [0.3, 0.4) is 0 Å². The predicted octanol–water partition coefficient (Wildman–Crippen LogP) is 5.24. The number of hydrogen-bond acceptors (Lipinski definition) is 5. The summed E-state index contributed by atoms with van der Waals surface area (Å²) >= 11 is 0. The van der Waals surface area contributed by atoms with E-state index in [1.165, 1.54) is 0 Å². The standard InChI is InChI=1S/C25H24F5NO6/c1-14-3-2-4-15(11-14)7-10-35-18-12-16(13-19-20(18)37-25(29,30)36-19)21(32)31-23(22(33)34)8-5-17(6-9-23)24(26,27)28/h2-4,11-13,17H,5-10H2,1H3,(H,31,32)(H,33,34). The monoisotopic (exact) mass is 529 g/mol. The molecule has 1 aliphatic heterocycles. The molecule has 1 saturated carbocycles. The van der Waals surface area contributed by atoms with Crippen molar-refractivity contribution in [1.29, 1.82) is 0 Å². The van der Waals surface area contributed by atoms with Gasteiger partial charge in [-0.2, -0.15) is 13.2 Å². The molecule has 4 rings (SSSR count). The highest BCUT2D eigenvalue weighted by Gasteiger charge is 2.50. The van der Waals surface area contributed by atoms with Gasteiger partial charge in [-0.1, -0.05) is 29.8 Å². The van der Waals surface area contributed by atoms with Crippen LogP contribution < -0.4 is 19.5 Å². The van der Waals surface area contributed by atoms with Gasteiger partial charge in [0, 0.05) is 12.0 Å². The van der Waals surface area contributed by atoms with Crippen molar-refractivity contribution < 1.29 is 50.9 Å². The maximum absolute atomic E-state index is 13.8. The Bertz CT molecular complexity index is 1190. The third-order valence-electron chi connectivity index (χ3n) is 6.53. The Morgan fingerprint density at radius 2 is 1.84 bits per heavy atom. The van der Waals surface area contributed by atoms with Gasteiger partial charge in [0.05, 0.1) is 12.5 Å². The van der Waals surface area contributed by atoms with Crippen molar-refractivity contribution in [3.05, 3.63) is 53.1 Å². The number of rotatable bonds is 7. The van der Waals surface area contributed by atoms with E-state index in [1.54, 1.807) is 0 Å². The van der Waals surface area contributed by atoms with Crippen LogP contribution in [0.4, 0.5) is 22.0 Å². The Morgan fingerprint density at radius 1 is 1.14 bits per heavy atom. The Hall–Kier alpha value is -3.57. The van der Waals surface area contributed by atoms with Crippen molar-refractivity contribution in [1.82, 2.24) is 5.32 Å². The number of halogens is 5. The number of hydrogen-bond donors (Lipinski definition) is 2. The number of fused-ring (bicyclic) bond motifs is 1. The minimum Gasteiger partial charge on any atom is -0.489 e. The van der Waals surface area contributed by atoms with Crippen molar-refractivity contribution >= 4 is 11.9 Å². The Labute approximate surface area is 208 Å². The van der Waals surface area contributed by atoms with Crippen molar-refractivity contribution in [3.8, 4) is 17.2 Å². The Balaban J connectivity index is 1.54. The van der Waals surface area contributed by atoms with Crippen LogP contribution in [0.2, 0.25) is 0 Å².